The summed E-state index contributed by atoms with van der Waals surface area (Å²) >= 11 is 3.26. The average molecular weight is 286 g/mol. The lowest BCUT2D eigenvalue weighted by Crippen LogP contribution is -2.54. The van der Waals surface area contributed by atoms with Crippen LogP contribution in [0.2, 0.25) is 0 Å². The molecule has 3 N–H and O–H groups in total. The molecule has 1 aliphatic rings. The van der Waals surface area contributed by atoms with E-state index in [1.165, 1.54) is 0 Å². The van der Waals surface area contributed by atoms with Gasteiger partial charge in [-0.1, -0.05) is 0 Å². The van der Waals surface area contributed by atoms with E-state index >= 15 is 0 Å². The van der Waals surface area contributed by atoms with Gasteiger partial charge in [-0.2, -0.15) is 4.98 Å². The number of piperazine rings is 1. The molecule has 2 heterocycles. The van der Waals surface area contributed by atoms with E-state index in [4.69, 9.17) is 5.73 Å². The summed E-state index contributed by atoms with van der Waals surface area (Å²) in [6, 6.07) is 1.35. The highest BCUT2D eigenvalue weighted by Gasteiger charge is 2.27. The molecule has 0 aromatic carbocycles. The Hall–Kier alpha value is -1.37. The van der Waals surface area contributed by atoms with Crippen molar-refractivity contribution in [2.24, 2.45) is 0 Å². The molecule has 0 spiro atoms. The third-order valence-electron chi connectivity index (χ3n) is 2.46. The fourth-order valence-corrected chi connectivity index (χ4v) is 2.00. The van der Waals surface area contributed by atoms with Crippen LogP contribution in [0.15, 0.2) is 10.7 Å². The summed E-state index contributed by atoms with van der Waals surface area (Å²) in [6.07, 6.45) is 0. The van der Waals surface area contributed by atoms with Crippen LogP contribution < -0.4 is 16.0 Å². The minimum atomic E-state index is -0.276. The number of hydrogen-bond donors (Lipinski definition) is 2. The third kappa shape index (κ3) is 2.08. The molecule has 0 radical (unpaired) electrons. The maximum absolute atomic E-state index is 11.5. The molecule has 6 nitrogen and oxygen atoms in total. The summed E-state index contributed by atoms with van der Waals surface area (Å²) in [4.78, 5) is 21.7. The van der Waals surface area contributed by atoms with Crippen molar-refractivity contribution in [3.05, 3.63) is 10.7 Å². The zero-order chi connectivity index (χ0) is 11.7. The summed E-state index contributed by atoms with van der Waals surface area (Å²) in [6.45, 7) is 3.09. The van der Waals surface area contributed by atoms with Gasteiger partial charge in [0.25, 0.3) is 0 Å². The van der Waals surface area contributed by atoms with Crippen molar-refractivity contribution in [3.63, 3.8) is 0 Å². The van der Waals surface area contributed by atoms with Crippen LogP contribution in [0.4, 0.5) is 11.8 Å². The van der Waals surface area contributed by atoms with E-state index in [-0.39, 0.29) is 11.9 Å². The number of amides is 1. The van der Waals surface area contributed by atoms with Gasteiger partial charge in [-0.3, -0.25) is 4.79 Å². The van der Waals surface area contributed by atoms with Crippen molar-refractivity contribution in [1.82, 2.24) is 15.3 Å². The van der Waals surface area contributed by atoms with E-state index in [2.05, 4.69) is 31.2 Å². The summed E-state index contributed by atoms with van der Waals surface area (Å²) < 4.78 is 0.619. The minimum Gasteiger partial charge on any atom is -0.383 e. The molecule has 1 aliphatic heterocycles. The molecule has 1 aromatic heterocycles. The SMILES string of the molecule is CC1C(=O)NCCN1c1nc(N)cc(Br)n1. The lowest BCUT2D eigenvalue weighted by atomic mass is 10.2. The molecule has 7 heteroatoms. The molecule has 1 aromatic rings. The fraction of sp³-hybridized carbons (Fsp3) is 0.444. The number of nitrogens with two attached hydrogens (primary N) is 1. The van der Waals surface area contributed by atoms with Gasteiger partial charge in [-0.05, 0) is 22.9 Å². The standard InChI is InChI=1S/C9H12BrN5O/c1-5-8(16)12-2-3-15(5)9-13-6(10)4-7(11)14-9/h4-5H,2-3H2,1H3,(H,12,16)(H2,11,13,14). The Bertz CT molecular complexity index is 404. The van der Waals surface area contributed by atoms with Gasteiger partial charge in [0.15, 0.2) is 0 Å². The quantitative estimate of drug-likeness (QED) is 0.718. The van der Waals surface area contributed by atoms with Crippen molar-refractivity contribution >= 4 is 33.6 Å². The molecule has 0 aliphatic carbocycles. The molecular formula is C9H12BrN5O. The zero-order valence-corrected chi connectivity index (χ0v) is 10.4. The molecule has 0 saturated carbocycles. The van der Waals surface area contributed by atoms with Gasteiger partial charge < -0.3 is 16.0 Å². The summed E-state index contributed by atoms with van der Waals surface area (Å²) in [5.74, 6) is 0.845. The van der Waals surface area contributed by atoms with Gasteiger partial charge in [-0.25, -0.2) is 4.98 Å². The number of hydrogen-bond acceptors (Lipinski definition) is 5. The van der Waals surface area contributed by atoms with Gasteiger partial charge in [0.2, 0.25) is 11.9 Å². The Balaban J connectivity index is 2.32. The topological polar surface area (TPSA) is 84.1 Å². The third-order valence-corrected chi connectivity index (χ3v) is 2.86. The largest absolute Gasteiger partial charge is 0.383 e. The highest BCUT2D eigenvalue weighted by molar-refractivity contribution is 9.10. The first-order valence-electron chi connectivity index (χ1n) is 4.92. The molecule has 86 valence electrons. The van der Waals surface area contributed by atoms with E-state index in [0.29, 0.717) is 29.5 Å². The molecule has 2 rings (SSSR count). The lowest BCUT2D eigenvalue weighted by Gasteiger charge is -2.32. The van der Waals surface area contributed by atoms with Gasteiger partial charge in [0.05, 0.1) is 0 Å². The molecule has 0 bridgehead atoms. The van der Waals surface area contributed by atoms with Crippen LogP contribution >= 0.6 is 15.9 Å². The number of nitrogens with one attached hydrogen (secondary N) is 1. The second kappa shape index (κ2) is 4.25. The monoisotopic (exact) mass is 285 g/mol. The van der Waals surface area contributed by atoms with E-state index in [1.54, 1.807) is 6.07 Å². The van der Waals surface area contributed by atoms with Crippen molar-refractivity contribution in [2.75, 3.05) is 23.7 Å². The highest BCUT2D eigenvalue weighted by Crippen LogP contribution is 2.18. The number of carbonyl (C=O) groups excluding carboxylic acids is 1. The normalized spacial score (nSPS) is 20.8. The Morgan fingerprint density at radius 3 is 3.06 bits per heavy atom. The zero-order valence-electron chi connectivity index (χ0n) is 8.77. The summed E-state index contributed by atoms with van der Waals surface area (Å²) in [7, 11) is 0. The Labute approximate surface area is 101 Å². The number of carbonyl (C=O) groups is 1. The molecular weight excluding hydrogens is 274 g/mol. The maximum atomic E-state index is 11.5. The van der Waals surface area contributed by atoms with Gasteiger partial charge >= 0.3 is 0 Å². The molecule has 1 saturated heterocycles. The van der Waals surface area contributed by atoms with E-state index in [9.17, 15) is 4.79 Å². The van der Waals surface area contributed by atoms with Crippen LogP contribution in [-0.2, 0) is 4.79 Å². The van der Waals surface area contributed by atoms with Crippen LogP contribution in [0.25, 0.3) is 0 Å². The molecule has 1 amide bonds. The lowest BCUT2D eigenvalue weighted by molar-refractivity contribution is -0.122. The van der Waals surface area contributed by atoms with Crippen LogP contribution in [0.3, 0.4) is 0 Å². The summed E-state index contributed by atoms with van der Waals surface area (Å²) in [5.41, 5.74) is 5.64. The van der Waals surface area contributed by atoms with E-state index < -0.39 is 0 Å². The number of rotatable bonds is 1. The number of anilines is 2. The first kappa shape index (κ1) is 11.1. The molecule has 1 fully saturated rings. The Morgan fingerprint density at radius 1 is 1.62 bits per heavy atom. The molecule has 16 heavy (non-hydrogen) atoms. The van der Waals surface area contributed by atoms with E-state index in [0.717, 1.165) is 0 Å². The summed E-state index contributed by atoms with van der Waals surface area (Å²) in [5, 5.41) is 2.78. The maximum Gasteiger partial charge on any atom is 0.242 e. The second-order valence-electron chi connectivity index (χ2n) is 3.58. The predicted octanol–water partition coefficient (Wildman–Crippen LogP) is 0.146. The average Bonchev–Trinajstić information content (AvgIpc) is 2.20. The highest BCUT2D eigenvalue weighted by atomic mass is 79.9. The molecule has 1 unspecified atom stereocenters. The first-order chi connectivity index (χ1) is 7.58. The van der Waals surface area contributed by atoms with Crippen LogP contribution in [-0.4, -0.2) is 35.0 Å². The van der Waals surface area contributed by atoms with Gasteiger partial charge in [-0.15, -0.1) is 0 Å². The Morgan fingerprint density at radius 2 is 2.38 bits per heavy atom. The van der Waals surface area contributed by atoms with Crippen molar-refractivity contribution in [3.8, 4) is 0 Å². The van der Waals surface area contributed by atoms with Crippen molar-refractivity contribution in [1.29, 1.82) is 0 Å². The smallest absolute Gasteiger partial charge is 0.242 e. The Kier molecular flexibility index (Phi) is 2.95. The predicted molar refractivity (Wildman–Crippen MR) is 64.0 cm³/mol. The second-order valence-corrected chi connectivity index (χ2v) is 4.39. The number of nitrogen functional groups attached to an aromatic ring is 1. The first-order valence-corrected chi connectivity index (χ1v) is 5.71. The van der Waals surface area contributed by atoms with Crippen LogP contribution in [0.1, 0.15) is 6.92 Å². The van der Waals surface area contributed by atoms with Crippen LogP contribution in [0.5, 0.6) is 0 Å². The number of aromatic nitrogens is 2. The number of nitrogens with zero attached hydrogens (tertiary/aromatic N) is 3. The van der Waals surface area contributed by atoms with Crippen molar-refractivity contribution < 1.29 is 4.79 Å². The van der Waals surface area contributed by atoms with E-state index in [1.807, 2.05) is 11.8 Å². The van der Waals surface area contributed by atoms with Crippen molar-refractivity contribution in [2.45, 2.75) is 13.0 Å². The fourth-order valence-electron chi connectivity index (χ4n) is 1.61. The van der Waals surface area contributed by atoms with Gasteiger partial charge in [0.1, 0.15) is 16.5 Å². The minimum absolute atomic E-state index is 0.0200. The molecule has 1 atom stereocenters. The number of halogens is 1. The van der Waals surface area contributed by atoms with Gasteiger partial charge in [0, 0.05) is 19.2 Å². The van der Waals surface area contributed by atoms with Crippen LogP contribution in [0, 0.1) is 0 Å².